The van der Waals surface area contributed by atoms with Gasteiger partial charge < -0.3 is 10.2 Å². The number of aromatic nitrogens is 1. The van der Waals surface area contributed by atoms with Crippen LogP contribution in [0.5, 0.6) is 0 Å². The second-order valence-electron chi connectivity index (χ2n) is 5.26. The van der Waals surface area contributed by atoms with E-state index in [0.29, 0.717) is 0 Å². The summed E-state index contributed by atoms with van der Waals surface area (Å²) in [7, 11) is 2.17. The first kappa shape index (κ1) is 12.8. The molecule has 19 heavy (non-hydrogen) atoms. The maximum Gasteiger partial charge on any atom is 0.183 e. The lowest BCUT2D eigenvalue weighted by Gasteiger charge is -2.28. The second kappa shape index (κ2) is 5.43. The molecule has 0 amide bonds. The number of thiazole rings is 1. The molecule has 0 bridgehead atoms. The SMILES string of the molecule is CN1CCC(CNc2nc3cc(F)ccc3s2)CC1. The maximum atomic E-state index is 13.1. The van der Waals surface area contributed by atoms with Crippen molar-refractivity contribution in [3.8, 4) is 0 Å². The topological polar surface area (TPSA) is 28.2 Å². The highest BCUT2D eigenvalue weighted by Gasteiger charge is 2.16. The minimum Gasteiger partial charge on any atom is -0.361 e. The van der Waals surface area contributed by atoms with E-state index in [0.717, 1.165) is 27.8 Å². The molecule has 1 saturated heterocycles. The van der Waals surface area contributed by atoms with Crippen LogP contribution in [0.25, 0.3) is 10.2 Å². The van der Waals surface area contributed by atoms with Crippen molar-refractivity contribution >= 4 is 26.7 Å². The van der Waals surface area contributed by atoms with E-state index in [2.05, 4.69) is 22.2 Å². The van der Waals surface area contributed by atoms with Crippen LogP contribution in [-0.2, 0) is 0 Å². The van der Waals surface area contributed by atoms with Gasteiger partial charge in [-0.1, -0.05) is 11.3 Å². The molecule has 2 heterocycles. The Hall–Kier alpha value is -1.20. The molecule has 0 atom stereocenters. The first-order valence-corrected chi connectivity index (χ1v) is 7.51. The van der Waals surface area contributed by atoms with Gasteiger partial charge in [-0.05, 0) is 51.0 Å². The third-order valence-corrected chi connectivity index (χ3v) is 4.72. The van der Waals surface area contributed by atoms with Crippen LogP contribution >= 0.6 is 11.3 Å². The van der Waals surface area contributed by atoms with Gasteiger partial charge in [0, 0.05) is 12.6 Å². The summed E-state index contributed by atoms with van der Waals surface area (Å²) < 4.78 is 14.1. The van der Waals surface area contributed by atoms with Gasteiger partial charge in [0.25, 0.3) is 0 Å². The fourth-order valence-electron chi connectivity index (χ4n) is 2.47. The van der Waals surface area contributed by atoms with E-state index in [9.17, 15) is 4.39 Å². The van der Waals surface area contributed by atoms with Crippen LogP contribution in [-0.4, -0.2) is 36.6 Å². The van der Waals surface area contributed by atoms with Gasteiger partial charge in [-0.3, -0.25) is 0 Å². The number of nitrogens with zero attached hydrogens (tertiary/aromatic N) is 2. The van der Waals surface area contributed by atoms with Crippen molar-refractivity contribution in [2.24, 2.45) is 5.92 Å². The standard InChI is InChI=1S/C14H18FN3S/c1-18-6-4-10(5-7-18)9-16-14-17-12-8-11(15)2-3-13(12)19-14/h2-3,8,10H,4-7,9H2,1H3,(H,16,17). The maximum absolute atomic E-state index is 13.1. The van der Waals surface area contributed by atoms with Crippen molar-refractivity contribution in [1.82, 2.24) is 9.88 Å². The average Bonchev–Trinajstić information content (AvgIpc) is 2.80. The van der Waals surface area contributed by atoms with Gasteiger partial charge in [-0.15, -0.1) is 0 Å². The summed E-state index contributed by atoms with van der Waals surface area (Å²) >= 11 is 1.60. The minimum atomic E-state index is -0.223. The highest BCUT2D eigenvalue weighted by atomic mass is 32.1. The minimum absolute atomic E-state index is 0.223. The summed E-state index contributed by atoms with van der Waals surface area (Å²) in [6.45, 7) is 3.32. The van der Waals surface area contributed by atoms with Crippen LogP contribution in [0.15, 0.2) is 18.2 Å². The molecule has 0 aliphatic carbocycles. The van der Waals surface area contributed by atoms with Crippen LogP contribution in [0, 0.1) is 11.7 Å². The molecule has 3 rings (SSSR count). The summed E-state index contributed by atoms with van der Waals surface area (Å²) in [5.41, 5.74) is 0.746. The molecule has 102 valence electrons. The summed E-state index contributed by atoms with van der Waals surface area (Å²) in [5, 5.41) is 4.31. The molecule has 3 nitrogen and oxygen atoms in total. The van der Waals surface area contributed by atoms with Crippen molar-refractivity contribution in [1.29, 1.82) is 0 Å². The van der Waals surface area contributed by atoms with E-state index < -0.39 is 0 Å². The van der Waals surface area contributed by atoms with Crippen LogP contribution in [0.4, 0.5) is 9.52 Å². The zero-order chi connectivity index (χ0) is 13.2. The third kappa shape index (κ3) is 3.04. The first-order valence-electron chi connectivity index (χ1n) is 6.69. The molecule has 1 aliphatic heterocycles. The van der Waals surface area contributed by atoms with E-state index in [1.165, 1.54) is 38.1 Å². The van der Waals surface area contributed by atoms with Crippen LogP contribution in [0.1, 0.15) is 12.8 Å². The van der Waals surface area contributed by atoms with Crippen molar-refractivity contribution in [3.05, 3.63) is 24.0 Å². The normalized spacial score (nSPS) is 18.0. The Morgan fingerprint density at radius 1 is 1.42 bits per heavy atom. The van der Waals surface area contributed by atoms with Gasteiger partial charge in [0.15, 0.2) is 5.13 Å². The van der Waals surface area contributed by atoms with Gasteiger partial charge in [-0.25, -0.2) is 9.37 Å². The van der Waals surface area contributed by atoms with E-state index >= 15 is 0 Å². The first-order chi connectivity index (χ1) is 9.20. The van der Waals surface area contributed by atoms with Gasteiger partial charge in [-0.2, -0.15) is 0 Å². The Balaban J connectivity index is 1.62. The molecule has 1 N–H and O–H groups in total. The number of piperidine rings is 1. The number of nitrogens with one attached hydrogen (secondary N) is 1. The summed E-state index contributed by atoms with van der Waals surface area (Å²) in [5.74, 6) is 0.500. The van der Waals surface area contributed by atoms with E-state index in [4.69, 9.17) is 0 Å². The smallest absolute Gasteiger partial charge is 0.183 e. The van der Waals surface area contributed by atoms with Crippen molar-refractivity contribution in [2.75, 3.05) is 32.0 Å². The molecule has 0 saturated carbocycles. The molecule has 2 aromatic rings. The second-order valence-corrected chi connectivity index (χ2v) is 6.29. The molecule has 0 radical (unpaired) electrons. The predicted octanol–water partition coefficient (Wildman–Crippen LogP) is 3.19. The molecule has 1 aromatic carbocycles. The number of likely N-dealkylation sites (tertiary alicyclic amines) is 1. The lowest BCUT2D eigenvalue weighted by Crippen LogP contribution is -2.32. The Kier molecular flexibility index (Phi) is 3.66. The lowest BCUT2D eigenvalue weighted by molar-refractivity contribution is 0.226. The number of rotatable bonds is 3. The van der Waals surface area contributed by atoms with Crippen molar-refractivity contribution in [3.63, 3.8) is 0 Å². The average molecular weight is 279 g/mol. The lowest BCUT2D eigenvalue weighted by atomic mass is 9.97. The highest BCUT2D eigenvalue weighted by molar-refractivity contribution is 7.22. The van der Waals surface area contributed by atoms with Crippen molar-refractivity contribution < 1.29 is 4.39 Å². The summed E-state index contributed by atoms with van der Waals surface area (Å²) in [6.07, 6.45) is 2.48. The Morgan fingerprint density at radius 3 is 3.00 bits per heavy atom. The van der Waals surface area contributed by atoms with Gasteiger partial charge in [0.2, 0.25) is 0 Å². The quantitative estimate of drug-likeness (QED) is 0.935. The fraction of sp³-hybridized carbons (Fsp3) is 0.500. The Morgan fingerprint density at radius 2 is 2.21 bits per heavy atom. The zero-order valence-electron chi connectivity index (χ0n) is 11.0. The number of hydrogen-bond acceptors (Lipinski definition) is 4. The number of hydrogen-bond donors (Lipinski definition) is 1. The molecule has 1 aromatic heterocycles. The third-order valence-electron chi connectivity index (χ3n) is 3.73. The number of halogens is 1. The molecule has 5 heteroatoms. The van der Waals surface area contributed by atoms with Crippen molar-refractivity contribution in [2.45, 2.75) is 12.8 Å². The monoisotopic (exact) mass is 279 g/mol. The molecule has 1 aliphatic rings. The highest BCUT2D eigenvalue weighted by Crippen LogP contribution is 2.27. The number of anilines is 1. The fourth-order valence-corrected chi connectivity index (χ4v) is 3.33. The zero-order valence-corrected chi connectivity index (χ0v) is 11.8. The molecular formula is C14H18FN3S. The molecule has 0 spiro atoms. The van der Waals surface area contributed by atoms with E-state index in [1.54, 1.807) is 17.4 Å². The molecular weight excluding hydrogens is 261 g/mol. The van der Waals surface area contributed by atoms with E-state index in [1.807, 2.05) is 0 Å². The van der Waals surface area contributed by atoms with Crippen LogP contribution in [0.2, 0.25) is 0 Å². The van der Waals surface area contributed by atoms with Gasteiger partial charge in [0.05, 0.1) is 10.2 Å². The molecule has 1 fully saturated rings. The number of fused-ring (bicyclic) bond motifs is 1. The van der Waals surface area contributed by atoms with Crippen LogP contribution in [0.3, 0.4) is 0 Å². The molecule has 0 unspecified atom stereocenters. The Labute approximate surface area is 116 Å². The van der Waals surface area contributed by atoms with E-state index in [-0.39, 0.29) is 5.82 Å². The number of benzene rings is 1. The van der Waals surface area contributed by atoms with Gasteiger partial charge in [0.1, 0.15) is 5.82 Å². The summed E-state index contributed by atoms with van der Waals surface area (Å²) in [4.78, 5) is 6.80. The van der Waals surface area contributed by atoms with Gasteiger partial charge >= 0.3 is 0 Å². The Bertz CT molecular complexity index is 561. The predicted molar refractivity (Wildman–Crippen MR) is 78.3 cm³/mol. The largest absolute Gasteiger partial charge is 0.361 e. The van der Waals surface area contributed by atoms with Crippen LogP contribution < -0.4 is 5.32 Å². The summed E-state index contributed by atoms with van der Waals surface area (Å²) in [6, 6.07) is 4.77.